The molecule has 0 saturated heterocycles. The summed E-state index contributed by atoms with van der Waals surface area (Å²) in [5.41, 5.74) is 1.09. The fourth-order valence-electron chi connectivity index (χ4n) is 4.86. The number of halogens is 1. The number of hydrogen-bond acceptors (Lipinski definition) is 4. The lowest BCUT2D eigenvalue weighted by atomic mass is 9.95. The van der Waals surface area contributed by atoms with Gasteiger partial charge >= 0.3 is 5.69 Å². The zero-order valence-corrected chi connectivity index (χ0v) is 20.4. The molecule has 1 aliphatic rings. The van der Waals surface area contributed by atoms with Crippen molar-refractivity contribution in [2.24, 2.45) is 0 Å². The minimum absolute atomic E-state index is 0.161. The van der Waals surface area contributed by atoms with Crippen molar-refractivity contribution in [3.8, 4) is 0 Å². The molecule has 1 N–H and O–H groups in total. The Balaban J connectivity index is 1.63. The van der Waals surface area contributed by atoms with E-state index in [0.29, 0.717) is 34.5 Å². The Bertz CT molecular complexity index is 1510. The fraction of sp³-hybridized carbons (Fsp3) is 0.385. The van der Waals surface area contributed by atoms with Crippen molar-refractivity contribution < 1.29 is 4.79 Å². The number of nitrogens with one attached hydrogen (secondary N) is 1. The highest BCUT2D eigenvalue weighted by Gasteiger charge is 2.21. The lowest BCUT2D eigenvalue weighted by Gasteiger charge is -2.22. The molecule has 0 spiro atoms. The summed E-state index contributed by atoms with van der Waals surface area (Å²) in [6.07, 6.45) is 6.09. The standard InChI is InChI=1S/C26H28ClN5O3/c1-2-14-30-24(34)21-13-10-18(23(33)28-20-6-4-3-5-7-20)15-22(21)32-25(30)29-31(26(32)35)16-17-8-11-19(27)12-9-17/h8-13,15,20H,2-7,14,16H2,1H3,(H,28,33). The number of carbonyl (C=O) groups excluding carboxylic acids is 1. The van der Waals surface area contributed by atoms with Crippen LogP contribution in [0.3, 0.4) is 0 Å². The number of benzene rings is 2. The molecule has 1 aliphatic carbocycles. The van der Waals surface area contributed by atoms with Crippen LogP contribution in [-0.4, -0.2) is 30.7 Å². The SMILES string of the molecule is CCCn1c(=O)c2ccc(C(=O)NC3CCCCC3)cc2n2c(=O)n(Cc3ccc(Cl)cc3)nc12. The highest BCUT2D eigenvalue weighted by atomic mass is 35.5. The first-order valence-electron chi connectivity index (χ1n) is 12.2. The molecule has 1 fully saturated rings. The van der Waals surface area contributed by atoms with Gasteiger partial charge in [0.15, 0.2) is 0 Å². The number of nitrogens with zero attached hydrogens (tertiary/aromatic N) is 4. The average Bonchev–Trinajstić information content (AvgIpc) is 3.19. The first-order valence-corrected chi connectivity index (χ1v) is 12.6. The van der Waals surface area contributed by atoms with Crippen molar-refractivity contribution in [2.45, 2.75) is 64.6 Å². The van der Waals surface area contributed by atoms with Crippen LogP contribution in [0.25, 0.3) is 16.7 Å². The van der Waals surface area contributed by atoms with E-state index in [1.165, 1.54) is 20.1 Å². The monoisotopic (exact) mass is 493 g/mol. The Morgan fingerprint density at radius 2 is 1.83 bits per heavy atom. The number of amides is 1. The third-order valence-corrected chi connectivity index (χ3v) is 6.93. The van der Waals surface area contributed by atoms with Crippen LogP contribution in [0.15, 0.2) is 52.1 Å². The zero-order chi connectivity index (χ0) is 24.5. The third kappa shape index (κ3) is 4.50. The smallest absolute Gasteiger partial charge is 0.349 e. The van der Waals surface area contributed by atoms with E-state index in [1.54, 1.807) is 30.3 Å². The molecule has 2 aromatic heterocycles. The fourth-order valence-corrected chi connectivity index (χ4v) is 4.99. The van der Waals surface area contributed by atoms with Gasteiger partial charge in [-0.1, -0.05) is 49.9 Å². The Hall–Kier alpha value is -3.39. The van der Waals surface area contributed by atoms with Gasteiger partial charge in [0.2, 0.25) is 5.78 Å². The summed E-state index contributed by atoms with van der Waals surface area (Å²) >= 11 is 5.99. The van der Waals surface area contributed by atoms with Crippen LogP contribution in [0.5, 0.6) is 0 Å². The zero-order valence-electron chi connectivity index (χ0n) is 19.7. The third-order valence-electron chi connectivity index (χ3n) is 6.67. The first-order chi connectivity index (χ1) is 17.0. The average molecular weight is 494 g/mol. The van der Waals surface area contributed by atoms with E-state index >= 15 is 0 Å². The summed E-state index contributed by atoms with van der Waals surface area (Å²) in [5.74, 6) is 0.0828. The van der Waals surface area contributed by atoms with Crippen LogP contribution >= 0.6 is 11.6 Å². The van der Waals surface area contributed by atoms with Crippen LogP contribution in [0, 0.1) is 0 Å². The number of rotatable bonds is 6. The molecule has 1 saturated carbocycles. The highest BCUT2D eigenvalue weighted by Crippen LogP contribution is 2.19. The molecule has 5 rings (SSSR count). The van der Waals surface area contributed by atoms with Crippen molar-refractivity contribution in [3.05, 3.63) is 79.5 Å². The minimum atomic E-state index is -0.366. The number of hydrogen-bond donors (Lipinski definition) is 1. The molecule has 0 aliphatic heterocycles. The van der Waals surface area contributed by atoms with E-state index in [2.05, 4.69) is 10.4 Å². The normalized spacial score (nSPS) is 14.6. The van der Waals surface area contributed by atoms with E-state index in [4.69, 9.17) is 11.6 Å². The number of carbonyl (C=O) groups is 1. The van der Waals surface area contributed by atoms with Crippen molar-refractivity contribution in [1.29, 1.82) is 0 Å². The molecular formula is C26H28ClN5O3. The van der Waals surface area contributed by atoms with E-state index in [1.807, 2.05) is 19.1 Å². The predicted molar refractivity (Wildman–Crippen MR) is 136 cm³/mol. The van der Waals surface area contributed by atoms with E-state index in [9.17, 15) is 14.4 Å². The van der Waals surface area contributed by atoms with Crippen LogP contribution in [-0.2, 0) is 13.1 Å². The number of fused-ring (bicyclic) bond motifs is 3. The van der Waals surface area contributed by atoms with Crippen LogP contribution in [0.1, 0.15) is 61.4 Å². The minimum Gasteiger partial charge on any atom is -0.349 e. The molecule has 9 heteroatoms. The molecule has 2 heterocycles. The van der Waals surface area contributed by atoms with Gasteiger partial charge in [-0.2, -0.15) is 0 Å². The lowest BCUT2D eigenvalue weighted by Crippen LogP contribution is -2.36. The summed E-state index contributed by atoms with van der Waals surface area (Å²) in [6, 6.07) is 12.3. The topological polar surface area (TPSA) is 90.4 Å². The maximum Gasteiger partial charge on any atom is 0.352 e. The molecule has 2 aromatic carbocycles. The second-order valence-corrected chi connectivity index (χ2v) is 9.64. The molecule has 1 amide bonds. The summed E-state index contributed by atoms with van der Waals surface area (Å²) in [4.78, 5) is 39.8. The van der Waals surface area contributed by atoms with Crippen LogP contribution < -0.4 is 16.6 Å². The molecule has 8 nitrogen and oxygen atoms in total. The Morgan fingerprint density at radius 3 is 2.54 bits per heavy atom. The number of aryl methyl sites for hydroxylation is 1. The van der Waals surface area contributed by atoms with Gasteiger partial charge in [-0.15, -0.1) is 5.10 Å². The summed E-state index contributed by atoms with van der Waals surface area (Å²) < 4.78 is 4.32. The van der Waals surface area contributed by atoms with Gasteiger partial charge in [-0.05, 0) is 55.2 Å². The van der Waals surface area contributed by atoms with Crippen molar-refractivity contribution in [2.75, 3.05) is 0 Å². The molecule has 0 bridgehead atoms. The second kappa shape index (κ2) is 9.70. The molecule has 0 radical (unpaired) electrons. The van der Waals surface area contributed by atoms with Gasteiger partial charge in [-0.25, -0.2) is 13.9 Å². The van der Waals surface area contributed by atoms with Gasteiger partial charge in [0.05, 0.1) is 17.4 Å². The second-order valence-electron chi connectivity index (χ2n) is 9.20. The maximum atomic E-state index is 13.5. The maximum absolute atomic E-state index is 13.5. The van der Waals surface area contributed by atoms with Gasteiger partial charge < -0.3 is 5.32 Å². The van der Waals surface area contributed by atoms with Crippen molar-refractivity contribution >= 4 is 34.2 Å². The molecule has 0 atom stereocenters. The highest BCUT2D eigenvalue weighted by molar-refractivity contribution is 6.30. The van der Waals surface area contributed by atoms with Crippen molar-refractivity contribution in [1.82, 2.24) is 24.1 Å². The van der Waals surface area contributed by atoms with Crippen LogP contribution in [0.2, 0.25) is 5.02 Å². The lowest BCUT2D eigenvalue weighted by molar-refractivity contribution is 0.0928. The summed E-state index contributed by atoms with van der Waals surface area (Å²) in [5, 5.41) is 8.63. The molecule has 182 valence electrons. The quantitative estimate of drug-likeness (QED) is 0.440. The van der Waals surface area contributed by atoms with Gasteiger partial charge in [-0.3, -0.25) is 14.2 Å². The largest absolute Gasteiger partial charge is 0.352 e. The first kappa shape index (κ1) is 23.4. The summed E-state index contributed by atoms with van der Waals surface area (Å²) in [6.45, 7) is 2.63. The molecular weight excluding hydrogens is 466 g/mol. The Labute approximate surface area is 207 Å². The van der Waals surface area contributed by atoms with Gasteiger partial charge in [0.1, 0.15) is 0 Å². The van der Waals surface area contributed by atoms with Gasteiger partial charge in [0, 0.05) is 23.2 Å². The van der Waals surface area contributed by atoms with Gasteiger partial charge in [0.25, 0.3) is 11.5 Å². The van der Waals surface area contributed by atoms with E-state index in [0.717, 1.165) is 31.2 Å². The van der Waals surface area contributed by atoms with E-state index in [-0.39, 0.29) is 35.5 Å². The Kier molecular flexibility index (Phi) is 6.47. The van der Waals surface area contributed by atoms with Crippen molar-refractivity contribution in [3.63, 3.8) is 0 Å². The molecule has 0 unspecified atom stereocenters. The summed E-state index contributed by atoms with van der Waals surface area (Å²) in [7, 11) is 0. The number of aromatic nitrogens is 4. The van der Waals surface area contributed by atoms with Crippen LogP contribution in [0.4, 0.5) is 0 Å². The molecule has 35 heavy (non-hydrogen) atoms. The Morgan fingerprint density at radius 1 is 1.09 bits per heavy atom. The predicted octanol–water partition coefficient (Wildman–Crippen LogP) is 3.99. The van der Waals surface area contributed by atoms with E-state index < -0.39 is 0 Å². The molecule has 4 aromatic rings.